The van der Waals surface area contributed by atoms with E-state index < -0.39 is 0 Å². The maximum absolute atomic E-state index is 4.07. The molecule has 6 heteroatoms. The SMILES string of the molecule is CNC1=C(c2nnn[nH]2)Cc2cc(CNc3ccccc3)c(C)cc21. The maximum atomic E-state index is 4.07. The molecule has 3 N–H and O–H groups in total. The van der Waals surface area contributed by atoms with Crippen molar-refractivity contribution in [3.63, 3.8) is 0 Å². The fraction of sp³-hybridized carbons (Fsp3) is 0.211. The quantitative estimate of drug-likeness (QED) is 0.669. The van der Waals surface area contributed by atoms with Crippen molar-refractivity contribution < 1.29 is 0 Å². The number of aromatic amines is 1. The van der Waals surface area contributed by atoms with Crippen molar-refractivity contribution in [1.82, 2.24) is 25.9 Å². The summed E-state index contributed by atoms with van der Waals surface area (Å²) in [5, 5.41) is 21.2. The zero-order chi connectivity index (χ0) is 17.2. The number of aromatic nitrogens is 4. The summed E-state index contributed by atoms with van der Waals surface area (Å²) < 4.78 is 0. The highest BCUT2D eigenvalue weighted by Crippen LogP contribution is 2.36. The molecule has 0 bridgehead atoms. The van der Waals surface area contributed by atoms with Crippen LogP contribution in [0.25, 0.3) is 11.3 Å². The second-order valence-electron chi connectivity index (χ2n) is 6.19. The summed E-state index contributed by atoms with van der Waals surface area (Å²) in [5.74, 6) is 0.724. The van der Waals surface area contributed by atoms with E-state index in [4.69, 9.17) is 0 Å². The highest BCUT2D eigenvalue weighted by molar-refractivity contribution is 5.94. The van der Waals surface area contributed by atoms with Crippen LogP contribution in [0.5, 0.6) is 0 Å². The van der Waals surface area contributed by atoms with Crippen LogP contribution in [0.2, 0.25) is 0 Å². The predicted octanol–water partition coefficient (Wildman–Crippen LogP) is 2.76. The van der Waals surface area contributed by atoms with Crippen LogP contribution in [-0.2, 0) is 13.0 Å². The molecule has 0 amide bonds. The smallest absolute Gasteiger partial charge is 0.177 e. The van der Waals surface area contributed by atoms with Gasteiger partial charge in [0.2, 0.25) is 0 Å². The molecule has 0 radical (unpaired) electrons. The van der Waals surface area contributed by atoms with Gasteiger partial charge < -0.3 is 10.6 Å². The first-order chi connectivity index (χ1) is 12.3. The Morgan fingerprint density at radius 1 is 1.16 bits per heavy atom. The van der Waals surface area contributed by atoms with Gasteiger partial charge in [-0.3, -0.25) is 0 Å². The Hall–Kier alpha value is -3.15. The van der Waals surface area contributed by atoms with Crippen LogP contribution < -0.4 is 10.6 Å². The minimum Gasteiger partial charge on any atom is -0.387 e. The van der Waals surface area contributed by atoms with Crippen LogP contribution in [0.15, 0.2) is 42.5 Å². The number of hydrogen-bond donors (Lipinski definition) is 3. The van der Waals surface area contributed by atoms with Crippen molar-refractivity contribution in [3.05, 3.63) is 70.5 Å². The normalized spacial score (nSPS) is 13.0. The van der Waals surface area contributed by atoms with Crippen LogP contribution in [-0.4, -0.2) is 27.7 Å². The minimum absolute atomic E-state index is 0.724. The van der Waals surface area contributed by atoms with Gasteiger partial charge in [0.1, 0.15) is 0 Å². The predicted molar refractivity (Wildman–Crippen MR) is 98.7 cm³/mol. The average Bonchev–Trinajstić information content (AvgIpc) is 3.27. The first-order valence-electron chi connectivity index (χ1n) is 8.33. The molecule has 0 saturated heterocycles. The van der Waals surface area contributed by atoms with Crippen LogP contribution in [0.1, 0.15) is 28.1 Å². The van der Waals surface area contributed by atoms with Crippen molar-refractivity contribution in [2.45, 2.75) is 19.9 Å². The molecule has 2 aromatic carbocycles. The first-order valence-corrected chi connectivity index (χ1v) is 8.33. The fourth-order valence-corrected chi connectivity index (χ4v) is 3.34. The molecule has 1 aromatic heterocycles. The third-order valence-electron chi connectivity index (χ3n) is 4.64. The molecule has 25 heavy (non-hydrogen) atoms. The van der Waals surface area contributed by atoms with Crippen molar-refractivity contribution in [1.29, 1.82) is 0 Å². The Bertz CT molecular complexity index is 913. The third kappa shape index (κ3) is 2.87. The zero-order valence-corrected chi connectivity index (χ0v) is 14.3. The summed E-state index contributed by atoms with van der Waals surface area (Å²) in [4.78, 5) is 0. The molecular formula is C19H20N6. The summed E-state index contributed by atoms with van der Waals surface area (Å²) >= 11 is 0. The molecule has 0 atom stereocenters. The number of tetrazole rings is 1. The maximum Gasteiger partial charge on any atom is 0.177 e. The van der Waals surface area contributed by atoms with E-state index in [1.54, 1.807) is 0 Å². The first kappa shape index (κ1) is 15.4. The van der Waals surface area contributed by atoms with E-state index >= 15 is 0 Å². The molecule has 0 saturated carbocycles. The van der Waals surface area contributed by atoms with Gasteiger partial charge in [-0.25, -0.2) is 5.10 Å². The molecule has 0 spiro atoms. The molecule has 1 aliphatic carbocycles. The van der Waals surface area contributed by atoms with Gasteiger partial charge in [-0.2, -0.15) is 0 Å². The monoisotopic (exact) mass is 332 g/mol. The molecule has 4 rings (SSSR count). The Balaban J connectivity index is 1.62. The minimum atomic E-state index is 0.724. The van der Waals surface area contributed by atoms with E-state index in [9.17, 15) is 0 Å². The molecule has 0 fully saturated rings. The summed E-state index contributed by atoms with van der Waals surface area (Å²) in [6, 6.07) is 14.8. The number of anilines is 1. The van der Waals surface area contributed by atoms with Crippen molar-refractivity contribution in [3.8, 4) is 0 Å². The summed E-state index contributed by atoms with van der Waals surface area (Å²) in [6.45, 7) is 2.96. The Morgan fingerprint density at radius 2 is 2.00 bits per heavy atom. The van der Waals surface area contributed by atoms with Gasteiger partial charge in [0, 0.05) is 42.5 Å². The van der Waals surface area contributed by atoms with Crippen molar-refractivity contribution in [2.75, 3.05) is 12.4 Å². The lowest BCUT2D eigenvalue weighted by Gasteiger charge is -2.13. The largest absolute Gasteiger partial charge is 0.387 e. The van der Waals surface area contributed by atoms with Crippen molar-refractivity contribution in [2.24, 2.45) is 0 Å². The molecule has 126 valence electrons. The van der Waals surface area contributed by atoms with E-state index in [2.05, 4.69) is 62.4 Å². The van der Waals surface area contributed by atoms with Gasteiger partial charge >= 0.3 is 0 Å². The van der Waals surface area contributed by atoms with Crippen molar-refractivity contribution >= 4 is 17.0 Å². The van der Waals surface area contributed by atoms with Crippen LogP contribution >= 0.6 is 0 Å². The van der Waals surface area contributed by atoms with Crippen LogP contribution in [0.4, 0.5) is 5.69 Å². The van der Waals surface area contributed by atoms with E-state index in [1.165, 1.54) is 22.3 Å². The average molecular weight is 332 g/mol. The molecule has 3 aromatic rings. The Labute approximate surface area is 146 Å². The Kier molecular flexibility index (Phi) is 3.93. The Morgan fingerprint density at radius 3 is 2.72 bits per heavy atom. The number of allylic oxidation sites excluding steroid dienone is 1. The molecule has 0 aliphatic heterocycles. The van der Waals surface area contributed by atoms with Crippen LogP contribution in [0.3, 0.4) is 0 Å². The standard InChI is InChI=1S/C19H20N6/c1-12-8-16-13(9-14(12)11-21-15-6-4-3-5-7-15)10-17(18(16)20-2)19-22-24-25-23-19/h3-9,20-21H,10-11H2,1-2H3,(H,22,23,24,25). The number of H-pyrrole nitrogens is 1. The van der Waals surface area contributed by atoms with Gasteiger partial charge in [-0.15, -0.1) is 5.10 Å². The van der Waals surface area contributed by atoms with E-state index in [0.29, 0.717) is 0 Å². The van der Waals surface area contributed by atoms with Gasteiger partial charge in [0.25, 0.3) is 0 Å². The van der Waals surface area contributed by atoms with E-state index in [0.717, 1.165) is 35.7 Å². The number of benzene rings is 2. The number of nitrogens with zero attached hydrogens (tertiary/aromatic N) is 3. The second-order valence-corrected chi connectivity index (χ2v) is 6.19. The highest BCUT2D eigenvalue weighted by Gasteiger charge is 2.25. The molecule has 1 heterocycles. The third-order valence-corrected chi connectivity index (χ3v) is 4.64. The number of hydrogen-bond acceptors (Lipinski definition) is 5. The summed E-state index contributed by atoms with van der Waals surface area (Å²) in [6.07, 6.45) is 0.820. The topological polar surface area (TPSA) is 78.5 Å². The second kappa shape index (κ2) is 6.39. The van der Waals surface area contributed by atoms with Gasteiger partial charge in [-0.1, -0.05) is 24.3 Å². The van der Waals surface area contributed by atoms with Crippen LogP contribution in [0, 0.1) is 6.92 Å². The number of para-hydroxylation sites is 1. The lowest BCUT2D eigenvalue weighted by atomic mass is 9.99. The van der Waals surface area contributed by atoms with Gasteiger partial charge in [0.15, 0.2) is 5.82 Å². The summed E-state index contributed by atoms with van der Waals surface area (Å²) in [7, 11) is 1.94. The fourth-order valence-electron chi connectivity index (χ4n) is 3.34. The lowest BCUT2D eigenvalue weighted by Crippen LogP contribution is -2.07. The lowest BCUT2D eigenvalue weighted by molar-refractivity contribution is 0.881. The molecule has 0 unspecified atom stereocenters. The number of aryl methyl sites for hydroxylation is 1. The van der Waals surface area contributed by atoms with E-state index in [1.807, 2.05) is 25.2 Å². The van der Waals surface area contributed by atoms with Gasteiger partial charge in [0.05, 0.1) is 0 Å². The molecular weight excluding hydrogens is 312 g/mol. The summed E-state index contributed by atoms with van der Waals surface area (Å²) in [5.41, 5.74) is 8.43. The van der Waals surface area contributed by atoms with E-state index in [-0.39, 0.29) is 0 Å². The molecule has 6 nitrogen and oxygen atoms in total. The number of nitrogens with one attached hydrogen (secondary N) is 3. The molecule has 1 aliphatic rings. The number of rotatable bonds is 5. The number of fused-ring (bicyclic) bond motifs is 1. The zero-order valence-electron chi connectivity index (χ0n) is 14.3. The highest BCUT2D eigenvalue weighted by atomic mass is 15.5. The van der Waals surface area contributed by atoms with Gasteiger partial charge in [-0.05, 0) is 52.2 Å².